The topological polar surface area (TPSA) is 57.6 Å². The number of aromatic hydroxyl groups is 1. The molecule has 0 unspecified atom stereocenters. The summed E-state index contributed by atoms with van der Waals surface area (Å²) < 4.78 is 0. The van der Waals surface area contributed by atoms with Crippen molar-refractivity contribution in [3.8, 4) is 5.75 Å². The van der Waals surface area contributed by atoms with E-state index in [-0.39, 0.29) is 30.4 Å². The monoisotopic (exact) mass is 205 g/mol. The van der Waals surface area contributed by atoms with E-state index in [0.29, 0.717) is 11.3 Å². The van der Waals surface area contributed by atoms with Crippen LogP contribution in [0.2, 0.25) is 0 Å². The fourth-order valence-electron chi connectivity index (χ4n) is 1.67. The molecule has 0 saturated carbocycles. The molecule has 1 N–H and O–H groups in total. The van der Waals surface area contributed by atoms with Gasteiger partial charge in [0.05, 0.1) is 18.7 Å². The third-order valence-electron chi connectivity index (χ3n) is 2.49. The molecule has 1 saturated heterocycles. The minimum Gasteiger partial charge on any atom is -0.505 e. The predicted octanol–water partition coefficient (Wildman–Crippen LogP) is 1.01. The SMILES string of the molecule is Cc1cccc(N2CC(=O)CC2=O)c1O. The molecule has 1 aromatic carbocycles. The molecule has 4 heteroatoms. The number of rotatable bonds is 1. The van der Waals surface area contributed by atoms with Gasteiger partial charge < -0.3 is 10.0 Å². The van der Waals surface area contributed by atoms with Crippen LogP contribution in [-0.4, -0.2) is 23.3 Å². The number of amides is 1. The van der Waals surface area contributed by atoms with Crippen LogP contribution in [0.25, 0.3) is 0 Å². The number of ketones is 1. The van der Waals surface area contributed by atoms with Crippen LogP contribution in [0.3, 0.4) is 0 Å². The van der Waals surface area contributed by atoms with Gasteiger partial charge in [-0.3, -0.25) is 9.59 Å². The highest BCUT2D eigenvalue weighted by molar-refractivity contribution is 6.15. The maximum absolute atomic E-state index is 11.4. The number of aryl methyl sites for hydroxylation is 1. The highest BCUT2D eigenvalue weighted by Crippen LogP contribution is 2.32. The Morgan fingerprint density at radius 2 is 2.07 bits per heavy atom. The van der Waals surface area contributed by atoms with Crippen molar-refractivity contribution in [1.82, 2.24) is 0 Å². The number of hydrogen-bond donors (Lipinski definition) is 1. The number of carbonyl (C=O) groups excluding carboxylic acids is 2. The minimum atomic E-state index is -0.249. The van der Waals surface area contributed by atoms with Crippen LogP contribution in [0.15, 0.2) is 18.2 Å². The lowest BCUT2D eigenvalue weighted by Gasteiger charge is -2.16. The number of hydrogen-bond acceptors (Lipinski definition) is 3. The first-order valence-electron chi connectivity index (χ1n) is 4.70. The predicted molar refractivity (Wildman–Crippen MR) is 54.8 cm³/mol. The average molecular weight is 205 g/mol. The lowest BCUT2D eigenvalue weighted by Crippen LogP contribution is -2.24. The van der Waals surface area contributed by atoms with E-state index in [4.69, 9.17) is 0 Å². The summed E-state index contributed by atoms with van der Waals surface area (Å²) >= 11 is 0. The first-order valence-corrected chi connectivity index (χ1v) is 4.70. The minimum absolute atomic E-state index is 0.0621. The summed E-state index contributed by atoms with van der Waals surface area (Å²) in [4.78, 5) is 23.9. The molecule has 78 valence electrons. The van der Waals surface area contributed by atoms with Crippen molar-refractivity contribution in [1.29, 1.82) is 0 Å². The van der Waals surface area contributed by atoms with Crippen molar-refractivity contribution in [2.75, 3.05) is 11.4 Å². The maximum atomic E-state index is 11.4. The fourth-order valence-corrected chi connectivity index (χ4v) is 1.67. The van der Waals surface area contributed by atoms with Gasteiger partial charge in [0.2, 0.25) is 5.91 Å². The van der Waals surface area contributed by atoms with Crippen molar-refractivity contribution in [3.63, 3.8) is 0 Å². The molecule has 1 aliphatic heterocycles. The first-order chi connectivity index (χ1) is 7.09. The molecule has 0 radical (unpaired) electrons. The molecule has 1 amide bonds. The van der Waals surface area contributed by atoms with Crippen LogP contribution < -0.4 is 4.90 Å². The Morgan fingerprint density at radius 1 is 1.33 bits per heavy atom. The summed E-state index contributed by atoms with van der Waals surface area (Å²) in [5.41, 5.74) is 1.12. The normalized spacial score (nSPS) is 16.2. The number of phenolic OH excluding ortho intramolecular Hbond substituents is 1. The van der Waals surface area contributed by atoms with Crippen LogP contribution in [0.1, 0.15) is 12.0 Å². The zero-order valence-electron chi connectivity index (χ0n) is 8.36. The highest BCUT2D eigenvalue weighted by Gasteiger charge is 2.30. The van der Waals surface area contributed by atoms with E-state index in [2.05, 4.69) is 0 Å². The Kier molecular flexibility index (Phi) is 2.19. The van der Waals surface area contributed by atoms with E-state index in [1.54, 1.807) is 25.1 Å². The fraction of sp³-hybridized carbons (Fsp3) is 0.273. The van der Waals surface area contributed by atoms with Crippen molar-refractivity contribution in [2.45, 2.75) is 13.3 Å². The van der Waals surface area contributed by atoms with E-state index >= 15 is 0 Å². The van der Waals surface area contributed by atoms with Gasteiger partial charge in [-0.1, -0.05) is 12.1 Å². The summed E-state index contributed by atoms with van der Waals surface area (Å²) in [6.07, 6.45) is -0.0621. The number of para-hydroxylation sites is 1. The van der Waals surface area contributed by atoms with E-state index < -0.39 is 0 Å². The molecule has 0 spiro atoms. The summed E-state index contributed by atoms with van der Waals surface area (Å²) in [7, 11) is 0. The molecule has 1 aromatic rings. The summed E-state index contributed by atoms with van der Waals surface area (Å²) in [5.74, 6) is -0.289. The number of phenols is 1. The summed E-state index contributed by atoms with van der Waals surface area (Å²) in [6.45, 7) is 1.82. The quantitative estimate of drug-likeness (QED) is 0.696. The van der Waals surface area contributed by atoms with Crippen molar-refractivity contribution in [2.24, 2.45) is 0 Å². The summed E-state index contributed by atoms with van der Waals surface area (Å²) in [5, 5.41) is 9.76. The molecule has 0 aliphatic carbocycles. The number of nitrogens with zero attached hydrogens (tertiary/aromatic N) is 1. The van der Waals surface area contributed by atoms with Gasteiger partial charge in [0, 0.05) is 0 Å². The number of Topliss-reactive ketones (excluding diaryl/α,β-unsaturated/α-hetero) is 1. The van der Waals surface area contributed by atoms with E-state index in [1.807, 2.05) is 0 Å². The molecule has 1 fully saturated rings. The summed E-state index contributed by atoms with van der Waals surface area (Å²) in [6, 6.07) is 5.14. The van der Waals surface area contributed by atoms with Crippen molar-refractivity contribution in [3.05, 3.63) is 23.8 Å². The Hall–Kier alpha value is -1.84. The van der Waals surface area contributed by atoms with Gasteiger partial charge in [0.1, 0.15) is 5.75 Å². The maximum Gasteiger partial charge on any atom is 0.235 e. The van der Waals surface area contributed by atoms with Crippen LogP contribution in [0, 0.1) is 6.92 Å². The average Bonchev–Trinajstić information content (AvgIpc) is 2.50. The molecular formula is C11H11NO3. The molecular weight excluding hydrogens is 194 g/mol. The van der Waals surface area contributed by atoms with Gasteiger partial charge in [-0.15, -0.1) is 0 Å². The van der Waals surface area contributed by atoms with Gasteiger partial charge in [-0.05, 0) is 18.6 Å². The molecule has 0 aromatic heterocycles. The molecule has 0 atom stereocenters. The second kappa shape index (κ2) is 3.38. The largest absolute Gasteiger partial charge is 0.505 e. The number of benzene rings is 1. The zero-order chi connectivity index (χ0) is 11.0. The molecule has 2 rings (SSSR count). The van der Waals surface area contributed by atoms with Crippen LogP contribution >= 0.6 is 0 Å². The Bertz CT molecular complexity index is 439. The van der Waals surface area contributed by atoms with E-state index in [1.165, 1.54) is 4.90 Å². The second-order valence-electron chi connectivity index (χ2n) is 3.64. The van der Waals surface area contributed by atoms with Gasteiger partial charge in [0.15, 0.2) is 5.78 Å². The number of carbonyl (C=O) groups is 2. The third-order valence-corrected chi connectivity index (χ3v) is 2.49. The highest BCUT2D eigenvalue weighted by atomic mass is 16.3. The molecule has 0 bridgehead atoms. The second-order valence-corrected chi connectivity index (χ2v) is 3.64. The lowest BCUT2D eigenvalue weighted by molar-refractivity contribution is -0.121. The van der Waals surface area contributed by atoms with E-state index in [0.717, 1.165) is 0 Å². The van der Waals surface area contributed by atoms with Crippen LogP contribution in [-0.2, 0) is 9.59 Å². The molecule has 4 nitrogen and oxygen atoms in total. The lowest BCUT2D eigenvalue weighted by atomic mass is 10.2. The molecule has 1 heterocycles. The van der Waals surface area contributed by atoms with Crippen LogP contribution in [0.5, 0.6) is 5.75 Å². The van der Waals surface area contributed by atoms with Gasteiger partial charge in [-0.2, -0.15) is 0 Å². The van der Waals surface area contributed by atoms with Gasteiger partial charge in [0.25, 0.3) is 0 Å². The Labute approximate surface area is 87.1 Å². The molecule has 15 heavy (non-hydrogen) atoms. The van der Waals surface area contributed by atoms with E-state index in [9.17, 15) is 14.7 Å². The molecule has 1 aliphatic rings. The van der Waals surface area contributed by atoms with Gasteiger partial charge >= 0.3 is 0 Å². The third kappa shape index (κ3) is 1.58. The number of anilines is 1. The standard InChI is InChI=1S/C11H11NO3/c1-7-3-2-4-9(11(7)15)12-6-8(13)5-10(12)14/h2-4,15H,5-6H2,1H3. The Morgan fingerprint density at radius 3 is 2.67 bits per heavy atom. The van der Waals surface area contributed by atoms with Crippen molar-refractivity contribution < 1.29 is 14.7 Å². The Balaban J connectivity index is 2.42. The zero-order valence-corrected chi connectivity index (χ0v) is 8.36. The smallest absolute Gasteiger partial charge is 0.235 e. The van der Waals surface area contributed by atoms with Gasteiger partial charge in [-0.25, -0.2) is 0 Å². The van der Waals surface area contributed by atoms with Crippen LogP contribution in [0.4, 0.5) is 5.69 Å². The van der Waals surface area contributed by atoms with Crippen molar-refractivity contribution >= 4 is 17.4 Å². The first kappa shape index (κ1) is 9.71.